The molecule has 5 aromatic rings. The van der Waals surface area contributed by atoms with Gasteiger partial charge in [0.15, 0.2) is 11.5 Å². The van der Waals surface area contributed by atoms with Crippen LogP contribution in [0.15, 0.2) is 67.1 Å². The van der Waals surface area contributed by atoms with E-state index >= 15 is 0 Å². The molecule has 3 aromatic heterocycles. The van der Waals surface area contributed by atoms with Gasteiger partial charge in [0.05, 0.1) is 18.2 Å². The van der Waals surface area contributed by atoms with Crippen molar-refractivity contribution >= 4 is 28.4 Å². The summed E-state index contributed by atoms with van der Waals surface area (Å²) in [4.78, 5) is 29.5. The van der Waals surface area contributed by atoms with E-state index in [1.165, 1.54) is 6.33 Å². The SMILES string of the molecule is C=C(C)C(=O)Nc1ccc(-c2c(-c3cc(C)c(Oc4nccc(C)n4)c(OC)c3)c3c(N)ncnc3n2C)cc1. The minimum Gasteiger partial charge on any atom is -0.493 e. The van der Waals surface area contributed by atoms with Crippen LogP contribution in [0.25, 0.3) is 33.4 Å². The van der Waals surface area contributed by atoms with E-state index in [1.54, 1.807) is 26.3 Å². The van der Waals surface area contributed by atoms with Gasteiger partial charge in [0, 0.05) is 35.8 Å². The molecule has 0 bridgehead atoms. The minimum absolute atomic E-state index is 0.233. The van der Waals surface area contributed by atoms with Gasteiger partial charge in [-0.15, -0.1) is 0 Å². The number of nitrogens with zero attached hydrogens (tertiary/aromatic N) is 5. The molecule has 0 saturated heterocycles. The van der Waals surface area contributed by atoms with E-state index in [0.717, 1.165) is 39.0 Å². The summed E-state index contributed by atoms with van der Waals surface area (Å²) in [6.07, 6.45) is 3.10. The zero-order chi connectivity index (χ0) is 28.6. The highest BCUT2D eigenvalue weighted by Gasteiger charge is 2.24. The smallest absolute Gasteiger partial charge is 0.322 e. The van der Waals surface area contributed by atoms with Crippen LogP contribution in [-0.4, -0.2) is 37.5 Å². The van der Waals surface area contributed by atoms with Crippen LogP contribution >= 0.6 is 0 Å². The molecule has 10 heteroatoms. The first-order valence-corrected chi connectivity index (χ1v) is 12.5. The number of rotatable bonds is 7. The molecule has 0 aliphatic heterocycles. The van der Waals surface area contributed by atoms with Crippen molar-refractivity contribution in [3.8, 4) is 39.9 Å². The zero-order valence-corrected chi connectivity index (χ0v) is 22.9. The highest BCUT2D eigenvalue weighted by atomic mass is 16.5. The lowest BCUT2D eigenvalue weighted by atomic mass is 9.96. The second kappa shape index (κ2) is 10.5. The predicted molar refractivity (Wildman–Crippen MR) is 155 cm³/mol. The Balaban J connectivity index is 1.67. The number of amides is 1. The third-order valence-corrected chi connectivity index (χ3v) is 6.52. The van der Waals surface area contributed by atoms with Gasteiger partial charge in [-0.25, -0.2) is 19.9 Å². The van der Waals surface area contributed by atoms with Gasteiger partial charge >= 0.3 is 6.01 Å². The van der Waals surface area contributed by atoms with E-state index in [2.05, 4.69) is 31.8 Å². The number of nitrogens with one attached hydrogen (secondary N) is 1. The fourth-order valence-corrected chi connectivity index (χ4v) is 4.58. The summed E-state index contributed by atoms with van der Waals surface area (Å²) >= 11 is 0. The molecule has 3 heterocycles. The number of ether oxygens (including phenoxy) is 2. The summed E-state index contributed by atoms with van der Waals surface area (Å²) < 4.78 is 13.8. The van der Waals surface area contributed by atoms with Crippen molar-refractivity contribution in [2.75, 3.05) is 18.2 Å². The van der Waals surface area contributed by atoms with E-state index in [0.29, 0.717) is 34.2 Å². The monoisotopic (exact) mass is 535 g/mol. The molecule has 0 spiro atoms. The summed E-state index contributed by atoms with van der Waals surface area (Å²) in [5.41, 5.74) is 13.3. The number of methoxy groups -OCH3 is 1. The Morgan fingerprint density at radius 1 is 1.05 bits per heavy atom. The van der Waals surface area contributed by atoms with E-state index in [1.807, 2.05) is 61.9 Å². The van der Waals surface area contributed by atoms with Crippen molar-refractivity contribution in [2.24, 2.45) is 7.05 Å². The number of nitrogens with two attached hydrogens (primary N) is 1. The van der Waals surface area contributed by atoms with Crippen molar-refractivity contribution in [3.63, 3.8) is 0 Å². The van der Waals surface area contributed by atoms with Gasteiger partial charge in [-0.1, -0.05) is 18.7 Å². The third kappa shape index (κ3) is 4.82. The van der Waals surface area contributed by atoms with Gasteiger partial charge in [-0.2, -0.15) is 0 Å². The number of carbonyl (C=O) groups is 1. The highest BCUT2D eigenvalue weighted by Crippen LogP contribution is 2.45. The van der Waals surface area contributed by atoms with Crippen molar-refractivity contribution in [2.45, 2.75) is 20.8 Å². The number of nitrogen functional groups attached to an aromatic ring is 1. The fraction of sp³-hybridized carbons (Fsp3) is 0.167. The van der Waals surface area contributed by atoms with Crippen LogP contribution in [0.5, 0.6) is 17.5 Å². The number of benzene rings is 2. The highest BCUT2D eigenvalue weighted by molar-refractivity contribution is 6.08. The van der Waals surface area contributed by atoms with Crippen LogP contribution in [0.4, 0.5) is 11.5 Å². The predicted octanol–water partition coefficient (Wildman–Crippen LogP) is 5.61. The Hall–Kier alpha value is -5.25. The average molecular weight is 536 g/mol. The normalized spacial score (nSPS) is 10.9. The lowest BCUT2D eigenvalue weighted by molar-refractivity contribution is -0.112. The second-order valence-electron chi connectivity index (χ2n) is 9.46. The summed E-state index contributed by atoms with van der Waals surface area (Å²) in [6.45, 7) is 9.16. The van der Waals surface area contributed by atoms with Crippen LogP contribution in [0.2, 0.25) is 0 Å². The van der Waals surface area contributed by atoms with Crippen LogP contribution in [-0.2, 0) is 11.8 Å². The second-order valence-corrected chi connectivity index (χ2v) is 9.46. The standard InChI is InChI=1S/C30H29N7O3/c1-16(2)29(38)36-21-9-7-19(8-10-21)25-23(24-27(31)33-15-34-28(24)37(25)5)20-13-17(3)26(22(14-20)39-6)40-30-32-12-11-18(4)35-30/h7-15H,1H2,2-6H3,(H,36,38)(H2,31,33,34). The Morgan fingerprint density at radius 3 is 2.48 bits per heavy atom. The van der Waals surface area contributed by atoms with Crippen molar-refractivity contribution in [1.29, 1.82) is 0 Å². The van der Waals surface area contributed by atoms with E-state index in [-0.39, 0.29) is 11.9 Å². The number of carbonyl (C=O) groups excluding carboxylic acids is 1. The minimum atomic E-state index is -0.234. The Bertz CT molecular complexity index is 1780. The molecule has 5 rings (SSSR count). The Kier molecular flexibility index (Phi) is 6.91. The van der Waals surface area contributed by atoms with Crippen LogP contribution in [0.1, 0.15) is 18.2 Å². The maximum Gasteiger partial charge on any atom is 0.322 e. The first-order chi connectivity index (χ1) is 19.2. The molecule has 0 aliphatic rings. The third-order valence-electron chi connectivity index (χ3n) is 6.52. The Morgan fingerprint density at radius 2 is 1.80 bits per heavy atom. The molecule has 0 radical (unpaired) electrons. The largest absolute Gasteiger partial charge is 0.493 e. The molecule has 202 valence electrons. The number of hydrogen-bond donors (Lipinski definition) is 2. The van der Waals surface area contributed by atoms with Gasteiger partial charge < -0.3 is 25.1 Å². The summed E-state index contributed by atoms with van der Waals surface area (Å²) in [6, 6.07) is 13.5. The number of hydrogen-bond acceptors (Lipinski definition) is 8. The molecule has 1 amide bonds. The lowest BCUT2D eigenvalue weighted by Gasteiger charge is -2.16. The molecule has 0 saturated carbocycles. The van der Waals surface area contributed by atoms with Gasteiger partial charge in [0.1, 0.15) is 17.8 Å². The summed E-state index contributed by atoms with van der Waals surface area (Å²) in [5, 5.41) is 3.56. The first-order valence-electron chi connectivity index (χ1n) is 12.5. The number of anilines is 2. The first kappa shape index (κ1) is 26.4. The van der Waals surface area contributed by atoms with Crippen molar-refractivity contribution < 1.29 is 14.3 Å². The van der Waals surface area contributed by atoms with Gasteiger partial charge in [-0.3, -0.25) is 4.79 Å². The van der Waals surface area contributed by atoms with Crippen LogP contribution in [0, 0.1) is 13.8 Å². The number of aromatic nitrogens is 5. The molecule has 0 unspecified atom stereocenters. The molecule has 10 nitrogen and oxygen atoms in total. The average Bonchev–Trinajstić information content (AvgIpc) is 3.23. The quantitative estimate of drug-likeness (QED) is 0.257. The number of aryl methyl sites for hydroxylation is 3. The summed E-state index contributed by atoms with van der Waals surface area (Å²) in [5.74, 6) is 1.15. The fourth-order valence-electron chi connectivity index (χ4n) is 4.58. The molecule has 0 aliphatic carbocycles. The molecule has 3 N–H and O–H groups in total. The molecule has 0 fully saturated rings. The maximum atomic E-state index is 12.1. The van der Waals surface area contributed by atoms with Crippen LogP contribution < -0.4 is 20.5 Å². The van der Waals surface area contributed by atoms with Gasteiger partial charge in [0.25, 0.3) is 5.91 Å². The van der Waals surface area contributed by atoms with Crippen molar-refractivity contribution in [3.05, 3.63) is 78.4 Å². The summed E-state index contributed by atoms with van der Waals surface area (Å²) in [7, 11) is 3.52. The zero-order valence-electron chi connectivity index (χ0n) is 22.9. The Labute approximate surface area is 231 Å². The van der Waals surface area contributed by atoms with Gasteiger partial charge in [0.2, 0.25) is 0 Å². The molecular weight excluding hydrogens is 506 g/mol. The molecule has 2 aromatic carbocycles. The van der Waals surface area contributed by atoms with Crippen LogP contribution in [0.3, 0.4) is 0 Å². The molecule has 40 heavy (non-hydrogen) atoms. The maximum absolute atomic E-state index is 12.1. The number of fused-ring (bicyclic) bond motifs is 1. The van der Waals surface area contributed by atoms with E-state index in [9.17, 15) is 4.79 Å². The van der Waals surface area contributed by atoms with Gasteiger partial charge in [-0.05, 0) is 67.8 Å². The lowest BCUT2D eigenvalue weighted by Crippen LogP contribution is -2.11. The molecular formula is C30H29N7O3. The van der Waals surface area contributed by atoms with E-state index in [4.69, 9.17) is 15.2 Å². The topological polar surface area (TPSA) is 130 Å². The van der Waals surface area contributed by atoms with Crippen molar-refractivity contribution in [1.82, 2.24) is 24.5 Å². The molecule has 0 atom stereocenters. The van der Waals surface area contributed by atoms with E-state index < -0.39 is 0 Å².